The van der Waals surface area contributed by atoms with Crippen molar-refractivity contribution in [3.8, 4) is 0 Å². The number of hydrogen-bond acceptors (Lipinski definition) is 2. The Labute approximate surface area is 83.9 Å². The number of carbonyl (C=O) groups excluding carboxylic acids is 1. The van der Waals surface area contributed by atoms with Gasteiger partial charge in [0.05, 0.1) is 6.42 Å². The first-order valence-corrected chi connectivity index (χ1v) is 4.98. The Morgan fingerprint density at radius 3 is 2.43 bits per heavy atom. The molecule has 0 aromatic heterocycles. The molecule has 0 unspecified atom stereocenters. The van der Waals surface area contributed by atoms with Crippen LogP contribution in [0, 0.1) is 11.8 Å². The van der Waals surface area contributed by atoms with Crippen LogP contribution in [0.1, 0.15) is 26.7 Å². The van der Waals surface area contributed by atoms with Crippen LogP contribution in [-0.4, -0.2) is 35.0 Å². The van der Waals surface area contributed by atoms with E-state index in [4.69, 9.17) is 5.11 Å². The Bertz CT molecular complexity index is 232. The van der Waals surface area contributed by atoms with Crippen molar-refractivity contribution in [1.82, 2.24) is 4.90 Å². The largest absolute Gasteiger partial charge is 0.481 e. The van der Waals surface area contributed by atoms with Crippen molar-refractivity contribution >= 4 is 11.9 Å². The lowest BCUT2D eigenvalue weighted by Crippen LogP contribution is -2.50. The van der Waals surface area contributed by atoms with Gasteiger partial charge < -0.3 is 10.0 Å². The zero-order valence-corrected chi connectivity index (χ0v) is 8.69. The molecular weight excluding hydrogens is 182 g/mol. The minimum atomic E-state index is -0.772. The molecule has 1 amide bonds. The summed E-state index contributed by atoms with van der Waals surface area (Å²) in [7, 11) is 0. The fraction of sp³-hybridized carbons (Fsp3) is 0.800. The number of carbonyl (C=O) groups is 2. The third-order valence-corrected chi connectivity index (χ3v) is 2.36. The van der Waals surface area contributed by atoms with E-state index in [0.717, 1.165) is 0 Å². The first kappa shape index (κ1) is 11.0. The van der Waals surface area contributed by atoms with Gasteiger partial charge in [0.15, 0.2) is 0 Å². The van der Waals surface area contributed by atoms with Crippen LogP contribution >= 0.6 is 0 Å². The van der Waals surface area contributed by atoms with Gasteiger partial charge in [0, 0.05) is 25.4 Å². The number of aliphatic carboxylic acids is 1. The molecule has 1 aliphatic heterocycles. The molecule has 0 saturated carbocycles. The number of nitrogens with zero attached hydrogens (tertiary/aromatic N) is 1. The fourth-order valence-electron chi connectivity index (χ4n) is 1.63. The Kier molecular flexibility index (Phi) is 3.49. The van der Waals surface area contributed by atoms with Gasteiger partial charge in [-0.15, -0.1) is 0 Å². The molecule has 14 heavy (non-hydrogen) atoms. The summed E-state index contributed by atoms with van der Waals surface area (Å²) in [5.41, 5.74) is 0. The van der Waals surface area contributed by atoms with Crippen LogP contribution in [0.15, 0.2) is 0 Å². The summed E-state index contributed by atoms with van der Waals surface area (Å²) in [5, 5.41) is 8.52. The summed E-state index contributed by atoms with van der Waals surface area (Å²) in [6.45, 7) is 5.26. The molecule has 4 heteroatoms. The molecule has 1 aliphatic rings. The van der Waals surface area contributed by atoms with Crippen LogP contribution in [0.2, 0.25) is 0 Å². The standard InChI is InChI=1S/C10H17NO3/c1-7(2)3-9(12)11-5-8(6-11)4-10(13)14/h7-8H,3-6H2,1-2H3,(H,13,14). The number of likely N-dealkylation sites (tertiary alicyclic amines) is 1. The molecule has 80 valence electrons. The third kappa shape index (κ3) is 3.01. The van der Waals surface area contributed by atoms with Gasteiger partial charge in [-0.05, 0) is 5.92 Å². The lowest BCUT2D eigenvalue weighted by atomic mass is 9.95. The van der Waals surface area contributed by atoms with E-state index in [1.807, 2.05) is 13.8 Å². The van der Waals surface area contributed by atoms with Gasteiger partial charge in [0.1, 0.15) is 0 Å². The summed E-state index contributed by atoms with van der Waals surface area (Å²) in [6.07, 6.45) is 0.755. The molecular formula is C10H17NO3. The van der Waals surface area contributed by atoms with Crippen molar-refractivity contribution in [3.63, 3.8) is 0 Å². The Morgan fingerprint density at radius 2 is 2.00 bits per heavy atom. The average Bonchev–Trinajstić information content (AvgIpc) is 1.93. The van der Waals surface area contributed by atoms with Gasteiger partial charge in [-0.3, -0.25) is 9.59 Å². The number of carboxylic acids is 1. The lowest BCUT2D eigenvalue weighted by Gasteiger charge is -2.39. The highest BCUT2D eigenvalue weighted by molar-refractivity contribution is 5.77. The monoisotopic (exact) mass is 199 g/mol. The molecule has 1 fully saturated rings. The molecule has 4 nitrogen and oxygen atoms in total. The fourth-order valence-corrected chi connectivity index (χ4v) is 1.63. The molecule has 1 heterocycles. The zero-order chi connectivity index (χ0) is 10.7. The molecule has 1 N–H and O–H groups in total. The van der Waals surface area contributed by atoms with E-state index in [1.54, 1.807) is 4.90 Å². The van der Waals surface area contributed by atoms with Crippen LogP contribution in [0.4, 0.5) is 0 Å². The van der Waals surface area contributed by atoms with Crippen LogP contribution in [-0.2, 0) is 9.59 Å². The van der Waals surface area contributed by atoms with E-state index < -0.39 is 5.97 Å². The summed E-state index contributed by atoms with van der Waals surface area (Å²) >= 11 is 0. The smallest absolute Gasteiger partial charge is 0.303 e. The van der Waals surface area contributed by atoms with Crippen molar-refractivity contribution in [1.29, 1.82) is 0 Å². The van der Waals surface area contributed by atoms with Crippen molar-refractivity contribution in [2.75, 3.05) is 13.1 Å². The topological polar surface area (TPSA) is 57.6 Å². The van der Waals surface area contributed by atoms with Crippen LogP contribution in [0.25, 0.3) is 0 Å². The minimum absolute atomic E-state index is 0.154. The molecule has 1 saturated heterocycles. The summed E-state index contributed by atoms with van der Waals surface area (Å²) in [4.78, 5) is 23.5. The van der Waals surface area contributed by atoms with E-state index >= 15 is 0 Å². The summed E-state index contributed by atoms with van der Waals surface area (Å²) in [5.74, 6) is -0.0720. The predicted molar refractivity (Wildman–Crippen MR) is 51.8 cm³/mol. The van der Waals surface area contributed by atoms with E-state index in [2.05, 4.69) is 0 Å². The number of amides is 1. The first-order valence-electron chi connectivity index (χ1n) is 4.98. The molecule has 0 spiro atoms. The maximum absolute atomic E-state index is 11.4. The zero-order valence-electron chi connectivity index (χ0n) is 8.69. The first-order chi connectivity index (χ1) is 6.49. The highest BCUT2D eigenvalue weighted by Gasteiger charge is 2.31. The van der Waals surface area contributed by atoms with Crippen LogP contribution < -0.4 is 0 Å². The van der Waals surface area contributed by atoms with Gasteiger partial charge in [-0.25, -0.2) is 0 Å². The highest BCUT2D eigenvalue weighted by Crippen LogP contribution is 2.20. The lowest BCUT2D eigenvalue weighted by molar-refractivity contribution is -0.145. The van der Waals surface area contributed by atoms with E-state index in [1.165, 1.54) is 0 Å². The quantitative estimate of drug-likeness (QED) is 0.733. The highest BCUT2D eigenvalue weighted by atomic mass is 16.4. The second-order valence-electron chi connectivity index (χ2n) is 4.36. The molecule has 0 aromatic rings. The van der Waals surface area contributed by atoms with E-state index in [0.29, 0.717) is 25.4 Å². The van der Waals surface area contributed by atoms with Gasteiger partial charge in [-0.1, -0.05) is 13.8 Å². The number of hydrogen-bond donors (Lipinski definition) is 1. The summed E-state index contributed by atoms with van der Waals surface area (Å²) in [6, 6.07) is 0. The third-order valence-electron chi connectivity index (χ3n) is 2.36. The average molecular weight is 199 g/mol. The van der Waals surface area contributed by atoms with Gasteiger partial charge in [0.25, 0.3) is 0 Å². The second kappa shape index (κ2) is 4.44. The predicted octanol–water partition coefficient (Wildman–Crippen LogP) is 0.966. The molecule has 0 atom stereocenters. The molecule has 1 rings (SSSR count). The van der Waals surface area contributed by atoms with Crippen molar-refractivity contribution in [2.24, 2.45) is 11.8 Å². The number of carboxylic acid groups (broad SMARTS) is 1. The van der Waals surface area contributed by atoms with Crippen LogP contribution in [0.3, 0.4) is 0 Å². The maximum Gasteiger partial charge on any atom is 0.303 e. The number of rotatable bonds is 4. The van der Waals surface area contributed by atoms with E-state index in [9.17, 15) is 9.59 Å². The molecule has 0 aliphatic carbocycles. The Morgan fingerprint density at radius 1 is 1.43 bits per heavy atom. The van der Waals surface area contributed by atoms with Crippen LogP contribution in [0.5, 0.6) is 0 Å². The van der Waals surface area contributed by atoms with Crippen molar-refractivity contribution in [2.45, 2.75) is 26.7 Å². The minimum Gasteiger partial charge on any atom is -0.481 e. The molecule has 0 aromatic carbocycles. The Balaban J connectivity index is 2.20. The molecule has 0 radical (unpaired) electrons. The second-order valence-corrected chi connectivity index (χ2v) is 4.36. The normalized spacial score (nSPS) is 16.9. The summed E-state index contributed by atoms with van der Waals surface area (Å²) < 4.78 is 0. The molecule has 0 bridgehead atoms. The van der Waals surface area contributed by atoms with Gasteiger partial charge in [-0.2, -0.15) is 0 Å². The van der Waals surface area contributed by atoms with Crippen molar-refractivity contribution < 1.29 is 14.7 Å². The maximum atomic E-state index is 11.4. The van der Waals surface area contributed by atoms with E-state index in [-0.39, 0.29) is 18.2 Å². The Hall–Kier alpha value is -1.06. The van der Waals surface area contributed by atoms with Gasteiger partial charge >= 0.3 is 5.97 Å². The van der Waals surface area contributed by atoms with Crippen molar-refractivity contribution in [3.05, 3.63) is 0 Å². The SMILES string of the molecule is CC(C)CC(=O)N1CC(CC(=O)O)C1. The van der Waals surface area contributed by atoms with Gasteiger partial charge in [0.2, 0.25) is 5.91 Å².